The van der Waals surface area contributed by atoms with Gasteiger partial charge in [-0.2, -0.15) is 0 Å². The maximum Gasteiger partial charge on any atom is 0.132 e. The van der Waals surface area contributed by atoms with Gasteiger partial charge in [-0.3, -0.25) is 0 Å². The topological polar surface area (TPSA) is 21.6 Å². The molecule has 0 spiro atoms. The van der Waals surface area contributed by atoms with Crippen molar-refractivity contribution >= 4 is 5.71 Å². The maximum absolute atomic E-state index is 5.20. The number of unbranched alkanes of at least 4 members (excludes halogenated alkanes) is 2. The lowest BCUT2D eigenvalue weighted by molar-refractivity contribution is 0.0771. The summed E-state index contributed by atoms with van der Waals surface area (Å²) in [5.74, 6) is 0. The molecule has 2 nitrogen and oxygen atoms in total. The van der Waals surface area contributed by atoms with E-state index in [9.17, 15) is 0 Å². The van der Waals surface area contributed by atoms with Crippen LogP contribution in [-0.4, -0.2) is 11.8 Å². The van der Waals surface area contributed by atoms with Gasteiger partial charge in [0.2, 0.25) is 0 Å². The summed E-state index contributed by atoms with van der Waals surface area (Å²) in [6.45, 7) is 4.25. The predicted octanol–water partition coefficient (Wildman–Crippen LogP) is 2.73. The Bertz CT molecular complexity index is 142. The molecule has 0 aromatic carbocycles. The third-order valence-corrected chi connectivity index (χ3v) is 2.01. The zero-order valence-electron chi connectivity index (χ0n) is 7.47. The van der Waals surface area contributed by atoms with E-state index in [1.54, 1.807) is 0 Å². The van der Waals surface area contributed by atoms with Gasteiger partial charge in [-0.25, -0.2) is 0 Å². The van der Waals surface area contributed by atoms with E-state index in [2.05, 4.69) is 12.1 Å². The van der Waals surface area contributed by atoms with Gasteiger partial charge in [-0.1, -0.05) is 24.9 Å². The lowest BCUT2D eigenvalue weighted by Gasteiger charge is -2.05. The van der Waals surface area contributed by atoms with Crippen molar-refractivity contribution in [3.05, 3.63) is 0 Å². The molecule has 1 atom stereocenters. The van der Waals surface area contributed by atoms with Crippen LogP contribution in [0.15, 0.2) is 5.16 Å². The minimum atomic E-state index is 0.390. The molecule has 1 aliphatic rings. The summed E-state index contributed by atoms with van der Waals surface area (Å²) in [6, 6.07) is 0. The van der Waals surface area contributed by atoms with Gasteiger partial charge in [0.15, 0.2) is 0 Å². The molecular weight excluding hydrogens is 138 g/mol. The predicted molar refractivity (Wildman–Crippen MR) is 46.7 cm³/mol. The van der Waals surface area contributed by atoms with Crippen LogP contribution < -0.4 is 0 Å². The number of rotatable bonds is 4. The van der Waals surface area contributed by atoms with Crippen LogP contribution in [0.25, 0.3) is 0 Å². The molecule has 11 heavy (non-hydrogen) atoms. The van der Waals surface area contributed by atoms with E-state index in [0.717, 1.165) is 12.1 Å². The van der Waals surface area contributed by atoms with Crippen LogP contribution in [0.4, 0.5) is 0 Å². The van der Waals surface area contributed by atoms with Crippen LogP contribution in [0, 0.1) is 0 Å². The molecule has 0 N–H and O–H groups in total. The minimum Gasteiger partial charge on any atom is -0.392 e. The Kier molecular flexibility index (Phi) is 3.40. The van der Waals surface area contributed by atoms with Gasteiger partial charge in [0.1, 0.15) is 6.10 Å². The van der Waals surface area contributed by atoms with Gasteiger partial charge in [-0.15, -0.1) is 0 Å². The number of nitrogens with zero attached hydrogens (tertiary/aromatic N) is 1. The van der Waals surface area contributed by atoms with Crippen LogP contribution in [0.5, 0.6) is 0 Å². The molecule has 1 aliphatic heterocycles. The Labute approximate surface area is 68.6 Å². The summed E-state index contributed by atoms with van der Waals surface area (Å²) in [6.07, 6.45) is 6.50. The molecule has 0 saturated heterocycles. The number of hydrogen-bond donors (Lipinski definition) is 0. The second kappa shape index (κ2) is 4.37. The lowest BCUT2D eigenvalue weighted by atomic mass is 10.1. The Balaban J connectivity index is 2.02. The summed E-state index contributed by atoms with van der Waals surface area (Å²) < 4.78 is 0. The summed E-state index contributed by atoms with van der Waals surface area (Å²) in [7, 11) is 0. The fourth-order valence-electron chi connectivity index (χ4n) is 1.35. The van der Waals surface area contributed by atoms with Crippen molar-refractivity contribution in [2.75, 3.05) is 0 Å². The van der Waals surface area contributed by atoms with Gasteiger partial charge in [0, 0.05) is 6.42 Å². The van der Waals surface area contributed by atoms with Gasteiger partial charge >= 0.3 is 0 Å². The van der Waals surface area contributed by atoms with E-state index in [1.165, 1.54) is 25.7 Å². The molecule has 0 fully saturated rings. The van der Waals surface area contributed by atoms with Gasteiger partial charge in [0.25, 0.3) is 0 Å². The molecule has 0 unspecified atom stereocenters. The van der Waals surface area contributed by atoms with E-state index in [4.69, 9.17) is 4.84 Å². The molecule has 0 aromatic rings. The Morgan fingerprint density at radius 2 is 2.36 bits per heavy atom. The SMILES string of the molecule is CCCCC[C@@H]1CC(C)=NO1. The van der Waals surface area contributed by atoms with Crippen molar-refractivity contribution < 1.29 is 4.84 Å². The Hall–Kier alpha value is -0.530. The van der Waals surface area contributed by atoms with Crippen LogP contribution in [0.1, 0.15) is 46.0 Å². The second-order valence-electron chi connectivity index (χ2n) is 3.25. The normalized spacial score (nSPS) is 23.1. The smallest absolute Gasteiger partial charge is 0.132 e. The third kappa shape index (κ3) is 2.91. The van der Waals surface area contributed by atoms with Crippen LogP contribution in [0.3, 0.4) is 0 Å². The molecule has 0 aromatic heterocycles. The highest BCUT2D eigenvalue weighted by molar-refractivity contribution is 5.82. The highest BCUT2D eigenvalue weighted by Gasteiger charge is 2.16. The number of hydrogen-bond acceptors (Lipinski definition) is 2. The highest BCUT2D eigenvalue weighted by Crippen LogP contribution is 2.16. The molecular formula is C9H17NO. The van der Waals surface area contributed by atoms with Crippen molar-refractivity contribution in [2.45, 2.75) is 52.1 Å². The van der Waals surface area contributed by atoms with Crippen molar-refractivity contribution in [2.24, 2.45) is 5.16 Å². The standard InChI is InChI=1S/C9H17NO/c1-3-4-5-6-9-7-8(2)10-11-9/h9H,3-7H2,1-2H3/t9-/m1/s1. The minimum absolute atomic E-state index is 0.390. The van der Waals surface area contributed by atoms with Crippen LogP contribution >= 0.6 is 0 Å². The van der Waals surface area contributed by atoms with Gasteiger partial charge in [-0.05, 0) is 19.8 Å². The maximum atomic E-state index is 5.20. The summed E-state index contributed by atoms with van der Waals surface area (Å²) in [4.78, 5) is 5.20. The molecule has 0 radical (unpaired) electrons. The fourth-order valence-corrected chi connectivity index (χ4v) is 1.35. The quantitative estimate of drug-likeness (QED) is 0.572. The average molecular weight is 155 g/mol. The van der Waals surface area contributed by atoms with E-state index in [0.29, 0.717) is 6.10 Å². The molecule has 1 heterocycles. The zero-order valence-corrected chi connectivity index (χ0v) is 7.47. The van der Waals surface area contributed by atoms with Crippen LogP contribution in [0.2, 0.25) is 0 Å². The average Bonchev–Trinajstić information content (AvgIpc) is 2.37. The number of oxime groups is 1. The Morgan fingerprint density at radius 1 is 1.55 bits per heavy atom. The first-order valence-corrected chi connectivity index (χ1v) is 4.52. The van der Waals surface area contributed by atoms with Crippen molar-refractivity contribution in [3.63, 3.8) is 0 Å². The van der Waals surface area contributed by atoms with Crippen molar-refractivity contribution in [3.8, 4) is 0 Å². The molecule has 0 aliphatic carbocycles. The highest BCUT2D eigenvalue weighted by atomic mass is 16.6. The van der Waals surface area contributed by atoms with Crippen molar-refractivity contribution in [1.82, 2.24) is 0 Å². The summed E-state index contributed by atoms with van der Waals surface area (Å²) in [5.41, 5.74) is 1.14. The molecule has 1 rings (SSSR count). The first-order valence-electron chi connectivity index (χ1n) is 4.52. The Morgan fingerprint density at radius 3 is 2.91 bits per heavy atom. The monoisotopic (exact) mass is 155 g/mol. The first kappa shape index (κ1) is 8.57. The largest absolute Gasteiger partial charge is 0.392 e. The molecule has 2 heteroatoms. The molecule has 0 saturated carbocycles. The zero-order chi connectivity index (χ0) is 8.10. The van der Waals surface area contributed by atoms with E-state index < -0.39 is 0 Å². The summed E-state index contributed by atoms with van der Waals surface area (Å²) >= 11 is 0. The lowest BCUT2D eigenvalue weighted by Crippen LogP contribution is -2.05. The van der Waals surface area contributed by atoms with E-state index >= 15 is 0 Å². The molecule has 0 amide bonds. The molecule has 0 bridgehead atoms. The summed E-state index contributed by atoms with van der Waals surface area (Å²) in [5, 5.41) is 3.91. The van der Waals surface area contributed by atoms with Gasteiger partial charge in [0.05, 0.1) is 5.71 Å². The van der Waals surface area contributed by atoms with Crippen molar-refractivity contribution in [1.29, 1.82) is 0 Å². The first-order chi connectivity index (χ1) is 5.33. The second-order valence-corrected chi connectivity index (χ2v) is 3.25. The van der Waals surface area contributed by atoms with E-state index in [-0.39, 0.29) is 0 Å². The van der Waals surface area contributed by atoms with E-state index in [1.807, 2.05) is 6.92 Å². The third-order valence-electron chi connectivity index (χ3n) is 2.01. The fraction of sp³-hybridized carbons (Fsp3) is 0.889. The molecule has 64 valence electrons. The van der Waals surface area contributed by atoms with Gasteiger partial charge < -0.3 is 4.84 Å². The van der Waals surface area contributed by atoms with Crippen LogP contribution in [-0.2, 0) is 4.84 Å².